The van der Waals surface area contributed by atoms with Gasteiger partial charge in [-0.05, 0) is 44.4 Å². The van der Waals surface area contributed by atoms with Crippen LogP contribution in [-0.2, 0) is 4.74 Å². The summed E-state index contributed by atoms with van der Waals surface area (Å²) in [5.41, 5.74) is 0. The first-order valence-electron chi connectivity index (χ1n) is 7.09. The van der Waals surface area contributed by atoms with Gasteiger partial charge < -0.3 is 10.1 Å². The van der Waals surface area contributed by atoms with E-state index in [0.29, 0.717) is 6.04 Å². The molecular formula is C14H27NO. The van der Waals surface area contributed by atoms with Crippen LogP contribution in [0.5, 0.6) is 0 Å². The average Bonchev–Trinajstić information content (AvgIpc) is 2.30. The first kappa shape index (κ1) is 12.4. The lowest BCUT2D eigenvalue weighted by Gasteiger charge is -2.34. The second-order valence-electron chi connectivity index (χ2n) is 5.87. The van der Waals surface area contributed by atoms with E-state index in [2.05, 4.69) is 19.2 Å². The number of rotatable bonds is 3. The summed E-state index contributed by atoms with van der Waals surface area (Å²) in [6, 6.07) is 1.46. The molecule has 2 fully saturated rings. The molecule has 1 heterocycles. The first-order valence-corrected chi connectivity index (χ1v) is 7.09. The summed E-state index contributed by atoms with van der Waals surface area (Å²) in [6.45, 7) is 6.71. The van der Waals surface area contributed by atoms with Crippen molar-refractivity contribution in [2.45, 2.75) is 64.5 Å². The van der Waals surface area contributed by atoms with Crippen LogP contribution in [0.25, 0.3) is 0 Å². The smallest absolute Gasteiger partial charge is 0.0469 e. The third-order valence-corrected chi connectivity index (χ3v) is 4.41. The van der Waals surface area contributed by atoms with E-state index in [9.17, 15) is 0 Å². The normalized spacial score (nSPS) is 34.9. The molecule has 2 rings (SSSR count). The van der Waals surface area contributed by atoms with Crippen LogP contribution in [0.4, 0.5) is 0 Å². The van der Waals surface area contributed by atoms with Gasteiger partial charge >= 0.3 is 0 Å². The first-order chi connectivity index (χ1) is 7.75. The van der Waals surface area contributed by atoms with Gasteiger partial charge in [0, 0.05) is 25.3 Å². The van der Waals surface area contributed by atoms with Gasteiger partial charge in [-0.3, -0.25) is 0 Å². The lowest BCUT2D eigenvalue weighted by Crippen LogP contribution is -2.44. The maximum Gasteiger partial charge on any atom is 0.0469 e. The largest absolute Gasteiger partial charge is 0.381 e. The van der Waals surface area contributed by atoms with Crippen LogP contribution in [-0.4, -0.2) is 25.3 Å². The summed E-state index contributed by atoms with van der Waals surface area (Å²) < 4.78 is 5.43. The lowest BCUT2D eigenvalue weighted by molar-refractivity contribution is 0.0531. The van der Waals surface area contributed by atoms with Crippen molar-refractivity contribution in [3.8, 4) is 0 Å². The van der Waals surface area contributed by atoms with Gasteiger partial charge in [-0.2, -0.15) is 0 Å². The second-order valence-corrected chi connectivity index (χ2v) is 5.87. The maximum atomic E-state index is 5.43. The van der Waals surface area contributed by atoms with Crippen LogP contribution < -0.4 is 5.32 Å². The second kappa shape index (κ2) is 6.02. The Hall–Kier alpha value is -0.0800. The van der Waals surface area contributed by atoms with E-state index in [1.54, 1.807) is 0 Å². The molecule has 1 saturated carbocycles. The molecule has 16 heavy (non-hydrogen) atoms. The fourth-order valence-corrected chi connectivity index (χ4v) is 3.31. The summed E-state index contributed by atoms with van der Waals surface area (Å²) in [4.78, 5) is 0. The highest BCUT2D eigenvalue weighted by molar-refractivity contribution is 4.82. The van der Waals surface area contributed by atoms with E-state index >= 15 is 0 Å². The Morgan fingerprint density at radius 1 is 1.12 bits per heavy atom. The third kappa shape index (κ3) is 3.46. The van der Waals surface area contributed by atoms with Gasteiger partial charge in [-0.15, -0.1) is 0 Å². The van der Waals surface area contributed by atoms with Crippen LogP contribution in [0.1, 0.15) is 52.4 Å². The van der Waals surface area contributed by atoms with Gasteiger partial charge in [0.2, 0.25) is 0 Å². The van der Waals surface area contributed by atoms with Crippen molar-refractivity contribution in [2.24, 2.45) is 11.8 Å². The molecule has 1 aliphatic carbocycles. The Morgan fingerprint density at radius 3 is 2.56 bits per heavy atom. The summed E-state index contributed by atoms with van der Waals surface area (Å²) >= 11 is 0. The zero-order valence-electron chi connectivity index (χ0n) is 10.9. The van der Waals surface area contributed by atoms with Gasteiger partial charge in [-0.25, -0.2) is 0 Å². The van der Waals surface area contributed by atoms with Crippen LogP contribution >= 0.6 is 0 Å². The average molecular weight is 225 g/mol. The molecule has 94 valence electrons. The molecule has 1 aliphatic heterocycles. The molecule has 0 spiro atoms. The molecule has 3 atom stereocenters. The maximum absolute atomic E-state index is 5.43. The Bertz CT molecular complexity index is 201. The highest BCUT2D eigenvalue weighted by atomic mass is 16.5. The van der Waals surface area contributed by atoms with Gasteiger partial charge in [-0.1, -0.05) is 19.8 Å². The molecule has 0 amide bonds. The molecular weight excluding hydrogens is 198 g/mol. The quantitative estimate of drug-likeness (QED) is 0.797. The zero-order valence-corrected chi connectivity index (χ0v) is 10.9. The van der Waals surface area contributed by atoms with E-state index in [-0.39, 0.29) is 0 Å². The highest BCUT2D eigenvalue weighted by Gasteiger charge is 2.25. The third-order valence-electron chi connectivity index (χ3n) is 4.41. The predicted octanol–water partition coefficient (Wildman–Crippen LogP) is 2.97. The Kier molecular flexibility index (Phi) is 4.66. The molecule has 0 aromatic heterocycles. The van der Waals surface area contributed by atoms with Gasteiger partial charge in [0.25, 0.3) is 0 Å². The van der Waals surface area contributed by atoms with Gasteiger partial charge in [0.05, 0.1) is 0 Å². The minimum Gasteiger partial charge on any atom is -0.381 e. The van der Waals surface area contributed by atoms with Crippen molar-refractivity contribution in [2.75, 3.05) is 13.2 Å². The van der Waals surface area contributed by atoms with E-state index in [4.69, 9.17) is 4.74 Å². The molecule has 0 bridgehead atoms. The van der Waals surface area contributed by atoms with Gasteiger partial charge in [0.15, 0.2) is 0 Å². The van der Waals surface area contributed by atoms with Crippen LogP contribution in [0, 0.1) is 11.8 Å². The Labute approximate surface area is 100 Å². The summed E-state index contributed by atoms with van der Waals surface area (Å²) in [5.74, 6) is 1.76. The molecule has 1 saturated heterocycles. The van der Waals surface area contributed by atoms with Crippen LogP contribution in [0.15, 0.2) is 0 Å². The number of hydrogen-bond acceptors (Lipinski definition) is 2. The van der Waals surface area contributed by atoms with Crippen molar-refractivity contribution in [1.29, 1.82) is 0 Å². The fraction of sp³-hybridized carbons (Fsp3) is 1.00. The Balaban J connectivity index is 1.74. The van der Waals surface area contributed by atoms with Crippen molar-refractivity contribution in [3.05, 3.63) is 0 Å². The van der Waals surface area contributed by atoms with Crippen LogP contribution in [0.2, 0.25) is 0 Å². The Morgan fingerprint density at radius 2 is 1.88 bits per heavy atom. The number of hydrogen-bond donors (Lipinski definition) is 1. The summed E-state index contributed by atoms with van der Waals surface area (Å²) in [5, 5.41) is 3.86. The molecule has 0 radical (unpaired) electrons. The minimum atomic E-state index is 0.680. The van der Waals surface area contributed by atoms with Crippen molar-refractivity contribution in [3.63, 3.8) is 0 Å². The topological polar surface area (TPSA) is 21.3 Å². The fourth-order valence-electron chi connectivity index (χ4n) is 3.31. The van der Waals surface area contributed by atoms with Crippen molar-refractivity contribution in [1.82, 2.24) is 5.32 Å². The van der Waals surface area contributed by atoms with Crippen molar-refractivity contribution < 1.29 is 4.74 Å². The highest BCUT2D eigenvalue weighted by Crippen LogP contribution is 2.26. The SMILES string of the molecule is CC1CCCC(NC(C)C2CCOCC2)C1. The van der Waals surface area contributed by atoms with E-state index in [0.717, 1.165) is 31.1 Å². The molecule has 2 nitrogen and oxygen atoms in total. The molecule has 3 unspecified atom stereocenters. The number of nitrogens with one attached hydrogen (secondary N) is 1. The molecule has 2 aliphatic rings. The van der Waals surface area contributed by atoms with E-state index in [1.165, 1.54) is 38.5 Å². The van der Waals surface area contributed by atoms with E-state index in [1.807, 2.05) is 0 Å². The standard InChI is InChI=1S/C14H27NO/c1-11-4-3-5-14(10-11)15-12(2)13-6-8-16-9-7-13/h11-15H,3-10H2,1-2H3. The summed E-state index contributed by atoms with van der Waals surface area (Å²) in [7, 11) is 0. The van der Waals surface area contributed by atoms with E-state index < -0.39 is 0 Å². The lowest BCUT2D eigenvalue weighted by atomic mass is 9.85. The zero-order chi connectivity index (χ0) is 11.4. The molecule has 1 N–H and O–H groups in total. The minimum absolute atomic E-state index is 0.680. The van der Waals surface area contributed by atoms with Crippen LogP contribution in [0.3, 0.4) is 0 Å². The molecule has 0 aromatic rings. The summed E-state index contributed by atoms with van der Waals surface area (Å²) in [6.07, 6.45) is 8.11. The predicted molar refractivity (Wildman–Crippen MR) is 67.6 cm³/mol. The number of ether oxygens (including phenoxy) is 1. The van der Waals surface area contributed by atoms with Crippen molar-refractivity contribution >= 4 is 0 Å². The monoisotopic (exact) mass is 225 g/mol. The molecule has 2 heteroatoms. The molecule has 0 aromatic carbocycles. The van der Waals surface area contributed by atoms with Gasteiger partial charge in [0.1, 0.15) is 0 Å².